The van der Waals surface area contributed by atoms with Crippen molar-refractivity contribution in [3.05, 3.63) is 11.6 Å². The van der Waals surface area contributed by atoms with Gasteiger partial charge in [-0.15, -0.1) is 0 Å². The zero-order valence-corrected chi connectivity index (χ0v) is 7.05. The minimum absolute atomic E-state index is 0.126. The molecule has 0 unspecified atom stereocenters. The minimum atomic E-state index is -4.69. The highest BCUT2D eigenvalue weighted by molar-refractivity contribution is 6.29. The lowest BCUT2D eigenvalue weighted by molar-refractivity contribution is -0.169. The molecule has 0 spiro atoms. The molecule has 0 radical (unpaired) electrons. The Kier molecular flexibility index (Phi) is 4.19. The summed E-state index contributed by atoms with van der Waals surface area (Å²) in [6, 6.07) is 0. The standard InChI is InChI=1S/C6H6ClF4NO/c1-3(7)2-12-5(13)6(10,11)4(8)9/h4H,1-2H2,(H,12,13). The van der Waals surface area contributed by atoms with E-state index < -0.39 is 24.8 Å². The number of nitrogens with one attached hydrogen (secondary N) is 1. The molecule has 0 atom stereocenters. The number of rotatable bonds is 4. The summed E-state index contributed by atoms with van der Waals surface area (Å²) in [7, 11) is 0. The van der Waals surface area contributed by atoms with Crippen molar-refractivity contribution >= 4 is 17.5 Å². The monoisotopic (exact) mass is 219 g/mol. The van der Waals surface area contributed by atoms with Crippen LogP contribution in [0.15, 0.2) is 11.6 Å². The van der Waals surface area contributed by atoms with E-state index in [4.69, 9.17) is 11.6 Å². The van der Waals surface area contributed by atoms with Gasteiger partial charge < -0.3 is 5.32 Å². The zero-order valence-electron chi connectivity index (χ0n) is 6.29. The molecule has 0 bridgehead atoms. The molecule has 0 fully saturated rings. The van der Waals surface area contributed by atoms with Crippen molar-refractivity contribution in [1.82, 2.24) is 5.32 Å². The van der Waals surface area contributed by atoms with Crippen molar-refractivity contribution in [3.8, 4) is 0 Å². The van der Waals surface area contributed by atoms with Gasteiger partial charge in [0.05, 0.1) is 6.54 Å². The molecule has 0 aromatic rings. The van der Waals surface area contributed by atoms with Gasteiger partial charge in [0.1, 0.15) is 0 Å². The molecule has 76 valence electrons. The van der Waals surface area contributed by atoms with Crippen LogP contribution in [0.4, 0.5) is 17.6 Å². The highest BCUT2D eigenvalue weighted by Crippen LogP contribution is 2.22. The molecule has 0 aromatic heterocycles. The van der Waals surface area contributed by atoms with Gasteiger partial charge in [-0.2, -0.15) is 8.78 Å². The van der Waals surface area contributed by atoms with Crippen LogP contribution in [0.1, 0.15) is 0 Å². The van der Waals surface area contributed by atoms with Gasteiger partial charge in [-0.25, -0.2) is 8.78 Å². The third-order valence-corrected chi connectivity index (χ3v) is 1.15. The lowest BCUT2D eigenvalue weighted by Gasteiger charge is -2.14. The molecule has 2 nitrogen and oxygen atoms in total. The highest BCUT2D eigenvalue weighted by Gasteiger charge is 2.48. The van der Waals surface area contributed by atoms with Crippen molar-refractivity contribution in [3.63, 3.8) is 0 Å². The second-order valence-corrected chi connectivity index (χ2v) is 2.66. The number of hydrogen-bond acceptors (Lipinski definition) is 1. The molecule has 0 aromatic carbocycles. The van der Waals surface area contributed by atoms with Crippen molar-refractivity contribution in [2.75, 3.05) is 6.54 Å². The number of carbonyl (C=O) groups excluding carboxylic acids is 1. The molecule has 0 saturated heterocycles. The van der Waals surface area contributed by atoms with E-state index in [-0.39, 0.29) is 5.03 Å². The van der Waals surface area contributed by atoms with Crippen LogP contribution in [-0.4, -0.2) is 24.8 Å². The molecule has 0 aliphatic rings. The number of alkyl halides is 4. The summed E-state index contributed by atoms with van der Waals surface area (Å²) in [5.74, 6) is -6.75. The number of carbonyl (C=O) groups is 1. The van der Waals surface area contributed by atoms with E-state index in [1.807, 2.05) is 0 Å². The lowest BCUT2D eigenvalue weighted by atomic mass is 10.3. The van der Waals surface area contributed by atoms with E-state index in [0.29, 0.717) is 0 Å². The van der Waals surface area contributed by atoms with Crippen LogP contribution < -0.4 is 5.32 Å². The lowest BCUT2D eigenvalue weighted by Crippen LogP contribution is -2.45. The summed E-state index contributed by atoms with van der Waals surface area (Å²) in [6.07, 6.45) is -4.03. The number of amides is 1. The first kappa shape index (κ1) is 12.2. The largest absolute Gasteiger partial charge is 0.383 e. The first-order valence-corrected chi connectivity index (χ1v) is 3.43. The van der Waals surface area contributed by atoms with Crippen molar-refractivity contribution in [2.45, 2.75) is 12.3 Å². The number of hydrogen-bond donors (Lipinski definition) is 1. The summed E-state index contributed by atoms with van der Waals surface area (Å²) in [4.78, 5) is 10.4. The quantitative estimate of drug-likeness (QED) is 0.718. The van der Waals surface area contributed by atoms with Crippen molar-refractivity contribution in [1.29, 1.82) is 0 Å². The van der Waals surface area contributed by atoms with Crippen LogP contribution in [0.5, 0.6) is 0 Å². The minimum Gasteiger partial charge on any atom is -0.346 e. The van der Waals surface area contributed by atoms with Gasteiger partial charge in [-0.1, -0.05) is 18.2 Å². The smallest absolute Gasteiger partial charge is 0.346 e. The summed E-state index contributed by atoms with van der Waals surface area (Å²) in [6.45, 7) is 2.60. The fraction of sp³-hybridized carbons (Fsp3) is 0.500. The van der Waals surface area contributed by atoms with Gasteiger partial charge in [-0.05, 0) is 0 Å². The predicted molar refractivity (Wildman–Crippen MR) is 39.0 cm³/mol. The summed E-state index contributed by atoms with van der Waals surface area (Å²) in [5.41, 5.74) is 0. The van der Waals surface area contributed by atoms with E-state index in [1.165, 1.54) is 5.32 Å². The maximum absolute atomic E-state index is 12.2. The molecule has 0 rings (SSSR count). The molecule has 1 N–H and O–H groups in total. The van der Waals surface area contributed by atoms with E-state index in [0.717, 1.165) is 0 Å². The SMILES string of the molecule is C=C(Cl)CNC(=O)C(F)(F)C(F)F. The topological polar surface area (TPSA) is 29.1 Å². The van der Waals surface area contributed by atoms with Gasteiger partial charge >= 0.3 is 12.3 Å². The van der Waals surface area contributed by atoms with E-state index in [9.17, 15) is 22.4 Å². The second kappa shape index (κ2) is 4.45. The van der Waals surface area contributed by atoms with Gasteiger partial charge in [0.2, 0.25) is 0 Å². The molecule has 13 heavy (non-hydrogen) atoms. The molecular formula is C6H6ClF4NO. The molecular weight excluding hydrogens is 214 g/mol. The molecule has 0 saturated carbocycles. The van der Waals surface area contributed by atoms with Crippen molar-refractivity contribution in [2.24, 2.45) is 0 Å². The van der Waals surface area contributed by atoms with Gasteiger partial charge in [-0.3, -0.25) is 4.79 Å². The Labute approximate surface area is 76.6 Å². The average molecular weight is 220 g/mol. The van der Waals surface area contributed by atoms with E-state index in [1.54, 1.807) is 0 Å². The maximum Gasteiger partial charge on any atom is 0.383 e. The molecule has 0 aliphatic carbocycles. The Bertz CT molecular complexity index is 219. The number of halogens is 5. The molecule has 0 heterocycles. The maximum atomic E-state index is 12.2. The second-order valence-electron chi connectivity index (χ2n) is 2.12. The third kappa shape index (κ3) is 3.63. The normalized spacial score (nSPS) is 11.5. The van der Waals surface area contributed by atoms with Gasteiger partial charge in [0, 0.05) is 5.03 Å². The summed E-state index contributed by atoms with van der Waals surface area (Å²) >= 11 is 5.11. The Morgan fingerprint density at radius 3 is 2.31 bits per heavy atom. The van der Waals surface area contributed by atoms with Crippen molar-refractivity contribution < 1.29 is 22.4 Å². The molecule has 0 aliphatic heterocycles. The Balaban J connectivity index is 4.18. The fourth-order valence-corrected chi connectivity index (χ4v) is 0.460. The van der Waals surface area contributed by atoms with Gasteiger partial charge in [0.15, 0.2) is 0 Å². The zero-order chi connectivity index (χ0) is 10.6. The Morgan fingerprint density at radius 2 is 2.00 bits per heavy atom. The van der Waals surface area contributed by atoms with Crippen LogP contribution in [0.2, 0.25) is 0 Å². The highest BCUT2D eigenvalue weighted by atomic mass is 35.5. The first-order valence-electron chi connectivity index (χ1n) is 3.06. The predicted octanol–water partition coefficient (Wildman–Crippen LogP) is 1.76. The molecule has 7 heteroatoms. The van der Waals surface area contributed by atoms with Gasteiger partial charge in [0.25, 0.3) is 5.91 Å². The summed E-state index contributed by atoms with van der Waals surface area (Å²) < 4.78 is 47.4. The fourth-order valence-electron chi connectivity index (χ4n) is 0.393. The summed E-state index contributed by atoms with van der Waals surface area (Å²) in [5, 5.41) is 1.38. The first-order chi connectivity index (χ1) is 5.78. The van der Waals surface area contributed by atoms with Crippen LogP contribution >= 0.6 is 11.6 Å². The molecule has 1 amide bonds. The Morgan fingerprint density at radius 1 is 1.54 bits per heavy atom. The van der Waals surface area contributed by atoms with E-state index >= 15 is 0 Å². The average Bonchev–Trinajstić information content (AvgIpc) is 1.99. The van der Waals surface area contributed by atoms with Crippen LogP contribution in [0.25, 0.3) is 0 Å². The third-order valence-electron chi connectivity index (χ3n) is 1.02. The Hall–Kier alpha value is -0.780. The van der Waals surface area contributed by atoms with Crippen LogP contribution in [-0.2, 0) is 4.79 Å². The van der Waals surface area contributed by atoms with Crippen LogP contribution in [0.3, 0.4) is 0 Å². The van der Waals surface area contributed by atoms with Crippen LogP contribution in [0, 0.1) is 0 Å². The van der Waals surface area contributed by atoms with E-state index in [2.05, 4.69) is 6.58 Å².